The number of likely N-dealkylation sites (N-methyl/N-ethyl adjacent to an activating group) is 1. The molecule has 0 aromatic rings. The highest BCUT2D eigenvalue weighted by Gasteiger charge is 2.10. The molecule has 0 bridgehead atoms. The molecule has 96 valence electrons. The van der Waals surface area contributed by atoms with Gasteiger partial charge in [-0.25, -0.2) is 13.1 Å². The van der Waals surface area contributed by atoms with Crippen LogP contribution in [0.15, 0.2) is 0 Å². The molecule has 0 radical (unpaired) electrons. The van der Waals surface area contributed by atoms with Crippen LogP contribution in [0.25, 0.3) is 0 Å². The standard InChI is InChI=1S/C9H21N3O3S/c1-8(2)12(3)9(13)7-10-5-6-11-16(4,14)15/h8,10-11H,5-7H2,1-4H3. The van der Waals surface area contributed by atoms with Gasteiger partial charge in [-0.2, -0.15) is 0 Å². The average molecular weight is 251 g/mol. The van der Waals surface area contributed by atoms with Crippen LogP contribution in [0.1, 0.15) is 13.8 Å². The molecular weight excluding hydrogens is 230 g/mol. The third kappa shape index (κ3) is 7.61. The van der Waals surface area contributed by atoms with Crippen LogP contribution in [-0.2, 0) is 14.8 Å². The number of sulfonamides is 1. The van der Waals surface area contributed by atoms with Gasteiger partial charge in [-0.1, -0.05) is 0 Å². The fourth-order valence-electron chi connectivity index (χ4n) is 0.933. The number of amides is 1. The zero-order valence-electron chi connectivity index (χ0n) is 10.3. The molecule has 0 aromatic heterocycles. The van der Waals surface area contributed by atoms with Crippen LogP contribution in [0.3, 0.4) is 0 Å². The van der Waals surface area contributed by atoms with Crippen LogP contribution in [0.2, 0.25) is 0 Å². The zero-order chi connectivity index (χ0) is 12.8. The van der Waals surface area contributed by atoms with Gasteiger partial charge in [0.1, 0.15) is 0 Å². The van der Waals surface area contributed by atoms with Crippen LogP contribution in [0, 0.1) is 0 Å². The van der Waals surface area contributed by atoms with Gasteiger partial charge in [0.15, 0.2) is 0 Å². The summed E-state index contributed by atoms with van der Waals surface area (Å²) in [6.45, 7) is 4.81. The van der Waals surface area contributed by atoms with Gasteiger partial charge < -0.3 is 10.2 Å². The zero-order valence-corrected chi connectivity index (χ0v) is 11.1. The molecule has 1 amide bonds. The second-order valence-electron chi connectivity index (χ2n) is 3.94. The van der Waals surface area contributed by atoms with E-state index >= 15 is 0 Å². The van der Waals surface area contributed by atoms with Gasteiger partial charge >= 0.3 is 0 Å². The maximum absolute atomic E-state index is 11.5. The summed E-state index contributed by atoms with van der Waals surface area (Å²) in [5, 5.41) is 2.88. The number of carbonyl (C=O) groups excluding carboxylic acids is 1. The summed E-state index contributed by atoms with van der Waals surface area (Å²) < 4.78 is 23.8. The van der Waals surface area contributed by atoms with Crippen LogP contribution in [0.5, 0.6) is 0 Å². The van der Waals surface area contributed by atoms with Crippen LogP contribution < -0.4 is 10.0 Å². The van der Waals surface area contributed by atoms with Crippen LogP contribution >= 0.6 is 0 Å². The van der Waals surface area contributed by atoms with Crippen molar-refractivity contribution in [3.8, 4) is 0 Å². The number of nitrogens with one attached hydrogen (secondary N) is 2. The lowest BCUT2D eigenvalue weighted by molar-refractivity contribution is -0.130. The van der Waals surface area contributed by atoms with Crippen molar-refractivity contribution in [1.82, 2.24) is 14.9 Å². The molecule has 0 saturated heterocycles. The molecule has 2 N–H and O–H groups in total. The largest absolute Gasteiger partial charge is 0.342 e. The van der Waals surface area contributed by atoms with Crippen molar-refractivity contribution in [3.63, 3.8) is 0 Å². The molecule has 16 heavy (non-hydrogen) atoms. The Labute approximate surface area is 97.4 Å². The molecule has 0 rings (SSSR count). The SMILES string of the molecule is CC(C)N(C)C(=O)CNCCNS(C)(=O)=O. The maximum atomic E-state index is 11.5. The van der Waals surface area contributed by atoms with Gasteiger partial charge in [0.2, 0.25) is 15.9 Å². The maximum Gasteiger partial charge on any atom is 0.236 e. The molecule has 0 spiro atoms. The Morgan fingerprint density at radius 1 is 1.31 bits per heavy atom. The van der Waals surface area contributed by atoms with Gasteiger partial charge in [0.25, 0.3) is 0 Å². The Morgan fingerprint density at radius 2 is 1.88 bits per heavy atom. The molecule has 0 saturated carbocycles. The first-order valence-electron chi connectivity index (χ1n) is 5.15. The van der Waals surface area contributed by atoms with E-state index in [2.05, 4.69) is 10.0 Å². The minimum atomic E-state index is -3.14. The minimum absolute atomic E-state index is 0.00523. The lowest BCUT2D eigenvalue weighted by Crippen LogP contribution is -2.41. The van der Waals surface area contributed by atoms with Crippen molar-refractivity contribution in [2.75, 3.05) is 32.9 Å². The number of nitrogens with zero attached hydrogens (tertiary/aromatic N) is 1. The molecular formula is C9H21N3O3S. The van der Waals surface area contributed by atoms with E-state index in [9.17, 15) is 13.2 Å². The highest BCUT2D eigenvalue weighted by Crippen LogP contribution is 1.92. The van der Waals surface area contributed by atoms with E-state index in [-0.39, 0.29) is 25.0 Å². The summed E-state index contributed by atoms with van der Waals surface area (Å²) in [6.07, 6.45) is 1.10. The van der Waals surface area contributed by atoms with E-state index in [1.165, 1.54) is 0 Å². The fourth-order valence-corrected chi connectivity index (χ4v) is 1.41. The summed E-state index contributed by atoms with van der Waals surface area (Å²) in [4.78, 5) is 13.1. The number of hydrogen-bond donors (Lipinski definition) is 2. The molecule has 0 aliphatic carbocycles. The van der Waals surface area contributed by atoms with Crippen molar-refractivity contribution in [3.05, 3.63) is 0 Å². The van der Waals surface area contributed by atoms with Crippen molar-refractivity contribution in [2.45, 2.75) is 19.9 Å². The third-order valence-electron chi connectivity index (χ3n) is 2.11. The van der Waals surface area contributed by atoms with Gasteiger partial charge in [0.05, 0.1) is 12.8 Å². The van der Waals surface area contributed by atoms with E-state index < -0.39 is 10.0 Å². The Morgan fingerprint density at radius 3 is 2.31 bits per heavy atom. The van der Waals surface area contributed by atoms with Crippen molar-refractivity contribution in [1.29, 1.82) is 0 Å². The molecule has 6 nitrogen and oxygen atoms in total. The molecule has 0 aliphatic heterocycles. The Bertz CT molecular complexity index is 314. The van der Waals surface area contributed by atoms with E-state index in [0.717, 1.165) is 6.26 Å². The summed E-state index contributed by atoms with van der Waals surface area (Å²) >= 11 is 0. The van der Waals surface area contributed by atoms with Crippen molar-refractivity contribution < 1.29 is 13.2 Å². The second-order valence-corrected chi connectivity index (χ2v) is 5.77. The second kappa shape index (κ2) is 6.82. The lowest BCUT2D eigenvalue weighted by Gasteiger charge is -2.21. The van der Waals surface area contributed by atoms with Crippen LogP contribution in [0.4, 0.5) is 0 Å². The first kappa shape index (κ1) is 15.3. The van der Waals surface area contributed by atoms with Gasteiger partial charge in [0, 0.05) is 26.2 Å². The van der Waals surface area contributed by atoms with E-state index in [1.54, 1.807) is 11.9 Å². The predicted molar refractivity (Wildman–Crippen MR) is 63.6 cm³/mol. The lowest BCUT2D eigenvalue weighted by atomic mass is 10.3. The quantitative estimate of drug-likeness (QED) is 0.568. The number of rotatable bonds is 7. The molecule has 0 atom stereocenters. The van der Waals surface area contributed by atoms with E-state index in [4.69, 9.17) is 0 Å². The highest BCUT2D eigenvalue weighted by molar-refractivity contribution is 7.88. The normalized spacial score (nSPS) is 11.8. The first-order valence-corrected chi connectivity index (χ1v) is 7.04. The fraction of sp³-hybridized carbons (Fsp3) is 0.889. The van der Waals surface area contributed by atoms with Crippen molar-refractivity contribution in [2.24, 2.45) is 0 Å². The summed E-state index contributed by atoms with van der Waals surface area (Å²) in [6, 6.07) is 0.170. The summed E-state index contributed by atoms with van der Waals surface area (Å²) in [7, 11) is -1.40. The molecule has 0 fully saturated rings. The van der Waals surface area contributed by atoms with Gasteiger partial charge in [-0.15, -0.1) is 0 Å². The third-order valence-corrected chi connectivity index (χ3v) is 2.84. The van der Waals surface area contributed by atoms with Crippen molar-refractivity contribution >= 4 is 15.9 Å². The van der Waals surface area contributed by atoms with E-state index in [0.29, 0.717) is 6.54 Å². The molecule has 7 heteroatoms. The Hall–Kier alpha value is -0.660. The average Bonchev–Trinajstić information content (AvgIpc) is 2.13. The molecule has 0 aromatic carbocycles. The first-order chi connectivity index (χ1) is 7.24. The van der Waals surface area contributed by atoms with Gasteiger partial charge in [-0.05, 0) is 13.8 Å². The number of hydrogen-bond acceptors (Lipinski definition) is 4. The molecule has 0 unspecified atom stereocenters. The Balaban J connectivity index is 3.64. The Kier molecular flexibility index (Phi) is 6.54. The van der Waals surface area contributed by atoms with Crippen LogP contribution in [-0.4, -0.2) is 58.2 Å². The summed E-state index contributed by atoms with van der Waals surface area (Å²) in [5.74, 6) is -0.00523. The summed E-state index contributed by atoms with van der Waals surface area (Å²) in [5.41, 5.74) is 0. The monoisotopic (exact) mass is 251 g/mol. The predicted octanol–water partition coefficient (Wildman–Crippen LogP) is -1.01. The van der Waals surface area contributed by atoms with Gasteiger partial charge in [-0.3, -0.25) is 4.79 Å². The smallest absolute Gasteiger partial charge is 0.236 e. The molecule has 0 aliphatic rings. The molecule has 0 heterocycles. The van der Waals surface area contributed by atoms with E-state index in [1.807, 2.05) is 13.8 Å². The topological polar surface area (TPSA) is 78.5 Å². The minimum Gasteiger partial charge on any atom is -0.342 e. The highest BCUT2D eigenvalue weighted by atomic mass is 32.2. The number of carbonyl (C=O) groups is 1.